The van der Waals surface area contributed by atoms with Gasteiger partial charge in [0.05, 0.1) is 33.3 Å². The fraction of sp³-hybridized carbons (Fsp3) is 0.236. The number of imidazole rings is 1. The number of para-hydroxylation sites is 1. The van der Waals surface area contributed by atoms with Crippen molar-refractivity contribution in [1.29, 1.82) is 0 Å². The highest BCUT2D eigenvalue weighted by Crippen LogP contribution is 2.44. The molecule has 0 saturated heterocycles. The van der Waals surface area contributed by atoms with E-state index in [4.69, 9.17) is 14.6 Å². The highest BCUT2D eigenvalue weighted by Gasteiger charge is 2.25. The lowest BCUT2D eigenvalue weighted by atomic mass is 9.83. The van der Waals surface area contributed by atoms with Crippen molar-refractivity contribution in [2.24, 2.45) is 0 Å². The molecule has 0 atom stereocenters. The second-order valence-corrected chi connectivity index (χ2v) is 17.1. The molecule has 0 unspecified atom stereocenters. The molecule has 0 fully saturated rings. The number of fused-ring (bicyclic) bond motifs is 1. The van der Waals surface area contributed by atoms with Gasteiger partial charge in [-0.3, -0.25) is 9.55 Å². The van der Waals surface area contributed by atoms with Crippen LogP contribution in [0.25, 0.3) is 72.7 Å². The van der Waals surface area contributed by atoms with Gasteiger partial charge in [-0.2, -0.15) is 0 Å². The third kappa shape index (κ3) is 7.84. The molecular weight excluding hydrogens is 719 g/mol. The number of hydrogen-bond acceptors (Lipinski definition) is 3. The van der Waals surface area contributed by atoms with Gasteiger partial charge in [-0.05, 0) is 122 Å². The summed E-state index contributed by atoms with van der Waals surface area (Å²) in [5, 5.41) is 12.3. The number of benzene rings is 6. The summed E-state index contributed by atoms with van der Waals surface area (Å²) < 4.78 is 80.7. The Balaban J connectivity index is 1.47. The van der Waals surface area contributed by atoms with Gasteiger partial charge in [0.25, 0.3) is 0 Å². The molecule has 59 heavy (non-hydrogen) atoms. The minimum absolute atomic E-state index is 0.00131. The van der Waals surface area contributed by atoms with E-state index in [-0.39, 0.29) is 40.4 Å². The van der Waals surface area contributed by atoms with Gasteiger partial charge in [-0.15, -0.1) is 0 Å². The summed E-state index contributed by atoms with van der Waals surface area (Å²) in [7, 11) is 0. The predicted molar refractivity (Wildman–Crippen MR) is 249 cm³/mol. The Bertz CT molecular complexity index is 3280. The zero-order chi connectivity index (χ0) is 49.5. The van der Waals surface area contributed by atoms with E-state index in [1.54, 1.807) is 0 Å². The number of pyridine rings is 1. The van der Waals surface area contributed by atoms with Gasteiger partial charge in [-0.25, -0.2) is 4.98 Å². The van der Waals surface area contributed by atoms with Gasteiger partial charge >= 0.3 is 0 Å². The van der Waals surface area contributed by atoms with Crippen LogP contribution in [0.1, 0.15) is 115 Å². The lowest BCUT2D eigenvalue weighted by Gasteiger charge is -2.22. The first-order valence-electron chi connectivity index (χ1n) is 24.7. The van der Waals surface area contributed by atoms with E-state index in [9.17, 15) is 7.85 Å². The molecule has 8 aromatic rings. The van der Waals surface area contributed by atoms with Crippen LogP contribution in [-0.4, -0.2) is 19.6 Å². The summed E-state index contributed by atoms with van der Waals surface area (Å²) in [4.78, 5) is 9.94. The zero-order valence-corrected chi connectivity index (χ0v) is 35.2. The van der Waals surface area contributed by atoms with Gasteiger partial charge in [0.2, 0.25) is 0 Å². The molecule has 0 radical (unpaired) electrons. The zero-order valence-electron chi connectivity index (χ0n) is 44.2. The van der Waals surface area contributed by atoms with E-state index in [0.717, 1.165) is 50.1 Å². The Labute approximate surface area is 362 Å². The maximum Gasteiger partial charge on any atom is 0.149 e. The maximum atomic E-state index is 12.3. The fourth-order valence-electron chi connectivity index (χ4n) is 7.53. The summed E-state index contributed by atoms with van der Waals surface area (Å²) in [5.74, 6) is -0.196. The van der Waals surface area contributed by atoms with Gasteiger partial charge < -0.3 is 5.11 Å². The molecule has 0 bridgehead atoms. The molecule has 0 aliphatic rings. The molecule has 4 heteroatoms. The highest BCUT2D eigenvalue weighted by atomic mass is 16.3. The van der Waals surface area contributed by atoms with Crippen LogP contribution in [0.5, 0.6) is 5.75 Å². The molecule has 4 nitrogen and oxygen atoms in total. The molecule has 0 spiro atoms. The van der Waals surface area contributed by atoms with Gasteiger partial charge in [-0.1, -0.05) is 153 Å². The van der Waals surface area contributed by atoms with Crippen LogP contribution in [-0.2, 0) is 5.41 Å². The molecule has 2 heterocycles. The molecule has 296 valence electrons. The normalized spacial score (nSPS) is 14.3. The minimum Gasteiger partial charge on any atom is -0.507 e. The first kappa shape index (κ1) is 29.9. The van der Waals surface area contributed by atoms with E-state index in [2.05, 4.69) is 82.3 Å². The van der Waals surface area contributed by atoms with Gasteiger partial charge in [0.15, 0.2) is 0 Å². The Kier molecular flexibility index (Phi) is 8.02. The number of phenolic OH excluding ortho intramolecular Hbond substituents is 1. The summed E-state index contributed by atoms with van der Waals surface area (Å²) in [5.41, 5.74) is 8.85. The molecule has 0 amide bonds. The van der Waals surface area contributed by atoms with Crippen molar-refractivity contribution >= 4 is 11.0 Å². The number of aromatic nitrogens is 3. The number of nitrogens with zero attached hydrogens (tertiary/aromatic N) is 3. The second kappa shape index (κ2) is 15.8. The van der Waals surface area contributed by atoms with Crippen molar-refractivity contribution in [2.45, 2.75) is 85.5 Å². The van der Waals surface area contributed by atoms with Crippen LogP contribution in [0.3, 0.4) is 0 Å². The van der Waals surface area contributed by atoms with Crippen molar-refractivity contribution in [3.8, 4) is 67.5 Å². The van der Waals surface area contributed by atoms with Gasteiger partial charge in [0.1, 0.15) is 11.6 Å². The number of rotatable bonds is 9. The largest absolute Gasteiger partial charge is 0.507 e. The van der Waals surface area contributed by atoms with E-state index >= 15 is 0 Å². The average Bonchev–Trinajstić information content (AvgIpc) is 3.69. The lowest BCUT2D eigenvalue weighted by Crippen LogP contribution is -2.11. The van der Waals surface area contributed by atoms with Crippen molar-refractivity contribution in [3.05, 3.63) is 168 Å². The Morgan fingerprint density at radius 1 is 0.644 bits per heavy atom. The molecule has 8 rings (SSSR count). The smallest absolute Gasteiger partial charge is 0.149 e. The van der Waals surface area contributed by atoms with Gasteiger partial charge in [0, 0.05) is 24.4 Å². The molecule has 0 aliphatic carbocycles. The van der Waals surface area contributed by atoms with Crippen molar-refractivity contribution in [1.82, 2.24) is 14.5 Å². The second-order valence-electron chi connectivity index (χ2n) is 17.1. The molecule has 0 aliphatic heterocycles. The fourth-order valence-corrected chi connectivity index (χ4v) is 7.53. The molecule has 6 aromatic carbocycles. The van der Waals surface area contributed by atoms with E-state index < -0.39 is 53.7 Å². The number of phenols is 1. The SMILES string of the molecule is [2H]c1nc(-c2cc(-c3cccc4c3nc(-c3cc(C(C)C)cc(C(C)C)c3O)n4-c3cc(-c4ccccc4)cc(C([2H])(C)C)c3)cc(C(C)(C)C)c2)c([2H])c(-c2c([2H])c([2H])c([2H])c([2H])c2[2H])c1[2H]. The number of aromatic hydroxyl groups is 1. The summed E-state index contributed by atoms with van der Waals surface area (Å²) >= 11 is 0. The Morgan fingerprint density at radius 3 is 2.08 bits per heavy atom. The topological polar surface area (TPSA) is 50.9 Å². The predicted octanol–water partition coefficient (Wildman–Crippen LogP) is 15.1. The Hall–Kier alpha value is -6.26. The summed E-state index contributed by atoms with van der Waals surface area (Å²) in [6, 6.07) is 28.1. The average molecular weight is 783 g/mol. The van der Waals surface area contributed by atoms with E-state index in [1.165, 1.54) is 0 Å². The Morgan fingerprint density at radius 2 is 1.39 bits per heavy atom. The first-order chi connectivity index (χ1) is 31.9. The third-order valence-corrected chi connectivity index (χ3v) is 11.0. The standard InChI is InChI=1S/C55H55N3O/c1-34(2)40-25-42(38-19-14-11-15-20-38)30-46(29-40)58-51-22-16-21-47(52(51)57-54(58)49-32-41(35(3)4)31-48(36(5)6)53(49)59)43-26-44(28-45(27-43)55(7,8)9)50-33-39(23-24-56-50)37-17-12-10-13-18-37/h10-36,59H,1-9H3/i10D,12D,13D,17D,18D,23D,24D,33D,34D. The van der Waals surface area contributed by atoms with Crippen LogP contribution in [0.4, 0.5) is 0 Å². The minimum atomic E-state index is -0.972. The molecule has 2 aromatic heterocycles. The monoisotopic (exact) mass is 782 g/mol. The quantitative estimate of drug-likeness (QED) is 0.159. The highest BCUT2D eigenvalue weighted by molar-refractivity contribution is 5.97. The van der Waals surface area contributed by atoms with Crippen LogP contribution in [0.2, 0.25) is 0 Å². The summed E-state index contributed by atoms with van der Waals surface area (Å²) in [6.07, 6.45) is -0.511. The van der Waals surface area contributed by atoms with Crippen LogP contribution in [0.15, 0.2) is 146 Å². The first-order valence-corrected chi connectivity index (χ1v) is 20.2. The lowest BCUT2D eigenvalue weighted by molar-refractivity contribution is 0.466. The van der Waals surface area contributed by atoms with Crippen LogP contribution < -0.4 is 0 Å². The maximum absolute atomic E-state index is 12.3. The van der Waals surface area contributed by atoms with Crippen molar-refractivity contribution < 1.29 is 17.4 Å². The van der Waals surface area contributed by atoms with E-state index in [0.29, 0.717) is 28.0 Å². The molecular formula is C55H55N3O. The number of hydrogen-bond donors (Lipinski definition) is 1. The van der Waals surface area contributed by atoms with E-state index in [1.807, 2.05) is 86.6 Å². The van der Waals surface area contributed by atoms with Crippen LogP contribution in [0, 0.1) is 0 Å². The third-order valence-electron chi connectivity index (χ3n) is 11.0. The van der Waals surface area contributed by atoms with Crippen molar-refractivity contribution in [3.63, 3.8) is 0 Å². The molecule has 1 N–H and O–H groups in total. The molecule has 0 saturated carbocycles. The van der Waals surface area contributed by atoms with Crippen LogP contribution >= 0.6 is 0 Å². The summed E-state index contributed by atoms with van der Waals surface area (Å²) in [6.45, 7) is 18.3. The van der Waals surface area contributed by atoms with Crippen molar-refractivity contribution in [2.75, 3.05) is 0 Å².